The maximum Gasteiger partial charge on any atom is 0.501 e. The minimum Gasteiger partial charge on any atom is -0.464 e. The number of amides is 4. The van der Waals surface area contributed by atoms with Crippen LogP contribution in [0.5, 0.6) is 23.0 Å². The number of Topliss-reactive ketones (excluding diaryl/α,β-unsaturated/α-hetero) is 1. The van der Waals surface area contributed by atoms with E-state index in [1.165, 1.54) is 28.7 Å². The number of aromatic nitrogens is 3. The third-order valence-electron chi connectivity index (χ3n) is 20.9. The maximum absolute atomic E-state index is 14.5. The van der Waals surface area contributed by atoms with Crippen LogP contribution >= 0.6 is 35.0 Å². The number of fused-ring (bicyclic) bond motifs is 6. The number of aliphatic hydroxyl groups excluding tert-OH is 6. The summed E-state index contributed by atoms with van der Waals surface area (Å²) in [5.74, 6) is -2.10. The standard InChI is InChI=1S/C86H103Cl2N7O26S2/c1-54-13-20-61(21-14-54)122-40-23-68(98)55-15-17-56(18-16-55)85(105)89-24-27-109-31-34-113-36-37-114-38-39-115-53-60-50-93(92-91-60)26-29-111-32-35-112-33-30-110-28-25-90-86(106)57-19-22-71(116-79-44-69(99)83(103)75(51-96)118-79)74(41-57)121-123(107,108)120-73-43-67-82(65-10-5-3-8-63(65)73)59(47-88)49-95(67)78(102)12-6-11-77(101)94-48-58(46-87)81-64-9-4-2-7-62(64)72(42-66(81)94)117-80-45-70(100)84(104)76(52-97)119-80/h2-5,7-10,13-22,41-43,50,58-59,69-70,75-76,79-80,83-84,96-97,99-100,103-104H,6,11-12,23-40,44-49,51-53H2,1H3,(H,89,105)(H,90,106)/t58-,59-,69-,70-,75-,76-,79-,80?,83-,84-/m1/s1. The zero-order valence-corrected chi connectivity index (χ0v) is 71.0. The zero-order chi connectivity index (χ0) is 86.8. The largest absolute Gasteiger partial charge is 0.501 e. The Kier molecular flexibility index (Phi) is 35.3. The topological polar surface area (TPSA) is 422 Å². The van der Waals surface area contributed by atoms with E-state index in [0.29, 0.717) is 140 Å². The number of aryl methyl sites for hydroxylation is 1. The molecule has 2 fully saturated rings. The van der Waals surface area contributed by atoms with Gasteiger partial charge in [0.15, 0.2) is 23.0 Å². The van der Waals surface area contributed by atoms with Gasteiger partial charge in [0, 0.05) is 132 Å². The fourth-order valence-corrected chi connectivity index (χ4v) is 16.7. The summed E-state index contributed by atoms with van der Waals surface area (Å²) >= 11 is 14.9. The number of carbonyl (C=O) groups is 5. The van der Waals surface area contributed by atoms with Gasteiger partial charge in [0.1, 0.15) is 35.9 Å². The van der Waals surface area contributed by atoms with Crippen LogP contribution in [0.4, 0.5) is 11.4 Å². The van der Waals surface area contributed by atoms with E-state index < -0.39 is 96.3 Å². The Morgan fingerprint density at radius 1 is 0.528 bits per heavy atom. The highest BCUT2D eigenvalue weighted by Gasteiger charge is 2.42. The number of nitrogens with zero attached hydrogens (tertiary/aromatic N) is 5. The molecule has 4 aliphatic heterocycles. The van der Waals surface area contributed by atoms with E-state index in [-0.39, 0.29) is 137 Å². The number of nitrogens with one attached hydrogen (secondary N) is 2. The number of ether oxygens (including phenoxy) is 11. The molecule has 2 saturated heterocycles. The Balaban J connectivity index is 0.540. The summed E-state index contributed by atoms with van der Waals surface area (Å²) in [6.07, 6.45) is -8.55. The van der Waals surface area contributed by atoms with Gasteiger partial charge in [-0.2, -0.15) is 0 Å². The Labute approximate surface area is 725 Å². The molecule has 0 radical (unpaired) electrons. The van der Waals surface area contributed by atoms with Crippen molar-refractivity contribution < 1.29 is 124 Å². The quantitative estimate of drug-likeness (QED) is 0.00818. The Hall–Kier alpha value is -8.77. The van der Waals surface area contributed by atoms with Gasteiger partial charge in [0.25, 0.3) is 11.8 Å². The summed E-state index contributed by atoms with van der Waals surface area (Å²) < 4.78 is 105. The lowest BCUT2D eigenvalue weighted by Gasteiger charge is -2.36. The van der Waals surface area contributed by atoms with Crippen molar-refractivity contribution in [3.8, 4) is 23.0 Å². The van der Waals surface area contributed by atoms with Crippen LogP contribution in [0.25, 0.3) is 21.5 Å². The van der Waals surface area contributed by atoms with Crippen molar-refractivity contribution >= 4 is 108 Å². The van der Waals surface area contributed by atoms with E-state index in [4.69, 9.17) is 83.7 Å². The number of carbonyl (C=O) groups excluding carboxylic acids is 5. The van der Waals surface area contributed by atoms with Gasteiger partial charge in [-0.1, -0.05) is 83.6 Å². The van der Waals surface area contributed by atoms with Gasteiger partial charge < -0.3 is 112 Å². The molecule has 0 saturated carbocycles. The summed E-state index contributed by atoms with van der Waals surface area (Å²) in [5.41, 5.74) is 5.10. The van der Waals surface area contributed by atoms with Crippen LogP contribution in [0.2, 0.25) is 0 Å². The van der Waals surface area contributed by atoms with Crippen LogP contribution in [0.15, 0.2) is 138 Å². The van der Waals surface area contributed by atoms with E-state index in [9.17, 15) is 63.0 Å². The average Bonchev–Trinajstić information content (AvgIpc) is 1.62. The highest BCUT2D eigenvalue weighted by Crippen LogP contribution is 2.49. The molecule has 0 spiro atoms. The molecule has 8 aromatic rings. The van der Waals surface area contributed by atoms with Crippen molar-refractivity contribution in [1.82, 2.24) is 25.6 Å². The second kappa shape index (κ2) is 46.4. The molecule has 7 aromatic carbocycles. The molecule has 10 atom stereocenters. The second-order valence-electron chi connectivity index (χ2n) is 29.5. The third-order valence-corrected chi connectivity index (χ3v) is 23.4. The molecule has 12 rings (SSSR count). The first-order valence-corrected chi connectivity index (χ1v) is 44.1. The smallest absolute Gasteiger partial charge is 0.464 e. The Morgan fingerprint density at radius 3 is 1.53 bits per heavy atom. The van der Waals surface area contributed by atoms with Crippen LogP contribution < -0.4 is 38.3 Å². The Bertz CT molecular complexity index is 4950. The summed E-state index contributed by atoms with van der Waals surface area (Å²) in [4.78, 5) is 72.1. The third kappa shape index (κ3) is 25.8. The number of alkyl halides is 2. The highest BCUT2D eigenvalue weighted by molar-refractivity contribution is 7.99. The fourth-order valence-electron chi connectivity index (χ4n) is 14.6. The lowest BCUT2D eigenvalue weighted by Crippen LogP contribution is -2.51. The molecule has 4 aliphatic rings. The van der Waals surface area contributed by atoms with Gasteiger partial charge in [0.2, 0.25) is 24.4 Å². The van der Waals surface area contributed by atoms with Gasteiger partial charge in [0.05, 0.1) is 142 Å². The SMILES string of the molecule is Cc1ccc(SCCC(=O)c2ccc(C(=O)NCCOCCOCCOCCOCc3cn(CCOCCOCCOCCNC(=O)c4ccc(O[C@H]5C[C@@H](O)[C@@H](O)[C@@H](CO)O5)c(OS(=O)(=O)Oc5cc6c(c7ccccc57)[C@H](CCl)CN6C(=O)CCCC(=O)N5C[C@@H](CCl)c6c5cc(OC5C[C@@H](O)[C@@H](O)[C@@H](CO)O5)c5ccccc65)c4)nn3)cc2)cc1. The zero-order valence-electron chi connectivity index (χ0n) is 67.8. The van der Waals surface area contributed by atoms with Crippen molar-refractivity contribution in [3.05, 3.63) is 173 Å². The van der Waals surface area contributed by atoms with Crippen molar-refractivity contribution in [3.63, 3.8) is 0 Å². The number of aliphatic hydroxyl groups is 6. The molecular weight excluding hydrogens is 1680 g/mol. The predicted octanol–water partition coefficient (Wildman–Crippen LogP) is 7.06. The molecule has 0 bridgehead atoms. The summed E-state index contributed by atoms with van der Waals surface area (Å²) in [5, 5.41) is 78.0. The van der Waals surface area contributed by atoms with Gasteiger partial charge in [-0.05, 0) is 77.7 Å². The number of halogens is 2. The van der Waals surface area contributed by atoms with Crippen molar-refractivity contribution in [1.29, 1.82) is 0 Å². The van der Waals surface area contributed by atoms with E-state index in [1.807, 2.05) is 31.2 Å². The van der Waals surface area contributed by atoms with E-state index in [0.717, 1.165) is 21.9 Å². The van der Waals surface area contributed by atoms with Gasteiger partial charge >= 0.3 is 10.4 Å². The van der Waals surface area contributed by atoms with Crippen molar-refractivity contribution in [2.45, 2.75) is 125 Å². The number of ketones is 1. The highest BCUT2D eigenvalue weighted by atomic mass is 35.5. The lowest BCUT2D eigenvalue weighted by molar-refractivity contribution is -0.230. The van der Waals surface area contributed by atoms with Gasteiger partial charge in [-0.25, -0.2) is 4.68 Å². The van der Waals surface area contributed by atoms with E-state index >= 15 is 0 Å². The van der Waals surface area contributed by atoms with Crippen molar-refractivity contribution in [2.75, 3.05) is 153 Å². The molecular formula is C86H103Cl2N7O26S2. The number of rotatable bonds is 49. The van der Waals surface area contributed by atoms with Gasteiger partial charge in [-0.3, -0.25) is 24.0 Å². The van der Waals surface area contributed by atoms with Gasteiger partial charge in [-0.15, -0.1) is 48.5 Å². The first kappa shape index (κ1) is 93.4. The number of hydrogen-bond donors (Lipinski definition) is 8. The molecule has 1 aromatic heterocycles. The minimum atomic E-state index is -5.22. The van der Waals surface area contributed by atoms with Crippen LogP contribution in [0.3, 0.4) is 0 Å². The number of thioether (sulfide) groups is 1. The van der Waals surface area contributed by atoms with Crippen molar-refractivity contribution in [2.24, 2.45) is 0 Å². The molecule has 5 heterocycles. The predicted molar refractivity (Wildman–Crippen MR) is 453 cm³/mol. The van der Waals surface area contributed by atoms with Crippen LogP contribution in [0, 0.1) is 6.92 Å². The van der Waals surface area contributed by atoms with E-state index in [1.54, 1.807) is 82.1 Å². The molecule has 33 nitrogen and oxygen atoms in total. The lowest BCUT2D eigenvalue weighted by atomic mass is 9.95. The monoisotopic (exact) mass is 1780 g/mol. The molecule has 123 heavy (non-hydrogen) atoms. The summed E-state index contributed by atoms with van der Waals surface area (Å²) in [7, 11) is -5.22. The maximum atomic E-state index is 14.5. The first-order valence-electron chi connectivity index (χ1n) is 40.7. The first-order chi connectivity index (χ1) is 59.7. The summed E-state index contributed by atoms with van der Waals surface area (Å²) in [6.45, 7) is 5.99. The molecule has 1 unspecified atom stereocenters. The number of anilines is 2. The van der Waals surface area contributed by atoms with E-state index in [2.05, 4.69) is 45.2 Å². The molecule has 8 N–H and O–H groups in total. The minimum absolute atomic E-state index is 0.0181. The number of hydrogen-bond acceptors (Lipinski definition) is 29. The summed E-state index contributed by atoms with van der Waals surface area (Å²) in [6, 6.07) is 35.8. The molecule has 0 aliphatic carbocycles. The molecule has 4 amide bonds. The van der Waals surface area contributed by atoms with Crippen LogP contribution in [0.1, 0.15) is 104 Å². The molecule has 37 heteroatoms. The Morgan fingerprint density at radius 2 is 0.992 bits per heavy atom. The average molecular weight is 1790 g/mol. The number of benzene rings is 7. The second-order valence-corrected chi connectivity index (χ2v) is 32.5. The molecule has 664 valence electrons. The normalized spacial score (nSPS) is 20.0. The fraction of sp³-hybridized carbons (Fsp3) is 0.477. The van der Waals surface area contributed by atoms with Crippen LogP contribution in [-0.4, -0.2) is 275 Å². The van der Waals surface area contributed by atoms with Crippen LogP contribution in [-0.2, 0) is 75.8 Å².